The first-order valence-electron chi connectivity index (χ1n) is 5.59. The molecule has 2 N–H and O–H groups in total. The average Bonchev–Trinajstić information content (AvgIpc) is 3.00. The molecule has 0 bridgehead atoms. The van der Waals surface area contributed by atoms with Crippen molar-refractivity contribution in [1.82, 2.24) is 9.55 Å². The average molecular weight is 218 g/mol. The van der Waals surface area contributed by atoms with E-state index in [4.69, 9.17) is 0 Å². The molecule has 0 radical (unpaired) electrons. The minimum absolute atomic E-state index is 0.0414. The highest BCUT2D eigenvalue weighted by Crippen LogP contribution is 2.35. The fourth-order valence-electron chi connectivity index (χ4n) is 2.10. The summed E-state index contributed by atoms with van der Waals surface area (Å²) in [5, 5.41) is 9.48. The van der Waals surface area contributed by atoms with Crippen molar-refractivity contribution in [2.45, 2.75) is 31.9 Å². The van der Waals surface area contributed by atoms with Crippen molar-refractivity contribution in [3.05, 3.63) is 34.2 Å². The summed E-state index contributed by atoms with van der Waals surface area (Å²) < 4.78 is 1.82. The number of rotatable bonds is 2. The molecule has 1 aliphatic carbocycles. The monoisotopic (exact) mass is 218 g/mol. The van der Waals surface area contributed by atoms with Crippen LogP contribution >= 0.6 is 0 Å². The zero-order chi connectivity index (χ0) is 11.3. The van der Waals surface area contributed by atoms with Gasteiger partial charge in [-0.15, -0.1) is 0 Å². The van der Waals surface area contributed by atoms with E-state index in [1.165, 1.54) is 0 Å². The van der Waals surface area contributed by atoms with Gasteiger partial charge in [0.15, 0.2) is 0 Å². The highest BCUT2D eigenvalue weighted by atomic mass is 16.3. The Morgan fingerprint density at radius 1 is 1.50 bits per heavy atom. The number of aromatic amines is 1. The number of benzene rings is 1. The molecule has 0 saturated heterocycles. The molecule has 3 rings (SSSR count). The molecule has 84 valence electrons. The Morgan fingerprint density at radius 2 is 2.25 bits per heavy atom. The lowest BCUT2D eigenvalue weighted by atomic mass is 10.1. The van der Waals surface area contributed by atoms with Crippen LogP contribution in [0.25, 0.3) is 11.0 Å². The third-order valence-corrected chi connectivity index (χ3v) is 3.13. The normalized spacial score (nSPS) is 17.9. The molecule has 1 saturated carbocycles. The summed E-state index contributed by atoms with van der Waals surface area (Å²) >= 11 is 0. The highest BCUT2D eigenvalue weighted by molar-refractivity contribution is 5.76. The molecule has 0 amide bonds. The van der Waals surface area contributed by atoms with Gasteiger partial charge in [0.05, 0.1) is 17.1 Å². The molecule has 4 nitrogen and oxygen atoms in total. The summed E-state index contributed by atoms with van der Waals surface area (Å²) in [6, 6.07) is 6.01. The number of aliphatic hydroxyl groups is 1. The van der Waals surface area contributed by atoms with Gasteiger partial charge in [-0.1, -0.05) is 6.07 Å². The van der Waals surface area contributed by atoms with E-state index in [1.54, 1.807) is 6.92 Å². The number of nitrogens with one attached hydrogen (secondary N) is 1. The van der Waals surface area contributed by atoms with Crippen LogP contribution in [0.4, 0.5) is 0 Å². The molecule has 1 unspecified atom stereocenters. The second-order valence-corrected chi connectivity index (χ2v) is 4.48. The zero-order valence-electron chi connectivity index (χ0n) is 9.10. The molecule has 1 heterocycles. The van der Waals surface area contributed by atoms with Crippen LogP contribution in [0.1, 0.15) is 37.5 Å². The highest BCUT2D eigenvalue weighted by Gasteiger charge is 2.27. The summed E-state index contributed by atoms with van der Waals surface area (Å²) in [7, 11) is 0. The molecular weight excluding hydrogens is 204 g/mol. The largest absolute Gasteiger partial charge is 0.389 e. The number of H-pyrrole nitrogens is 1. The van der Waals surface area contributed by atoms with E-state index in [2.05, 4.69) is 4.98 Å². The standard InChI is InChI=1S/C12H14N2O2/c1-7(15)8-2-5-11-10(6-8)13-12(16)14(11)9-3-4-9/h2,5-7,9,15H,3-4H2,1H3,(H,13,16). The Balaban J connectivity index is 2.23. The van der Waals surface area contributed by atoms with Gasteiger partial charge in [0.25, 0.3) is 0 Å². The predicted molar refractivity (Wildman–Crippen MR) is 61.5 cm³/mol. The van der Waals surface area contributed by atoms with Crippen molar-refractivity contribution in [3.8, 4) is 0 Å². The Hall–Kier alpha value is -1.55. The topological polar surface area (TPSA) is 58.0 Å². The van der Waals surface area contributed by atoms with Gasteiger partial charge in [0.2, 0.25) is 0 Å². The van der Waals surface area contributed by atoms with E-state index in [0.717, 1.165) is 29.4 Å². The lowest BCUT2D eigenvalue weighted by Crippen LogP contribution is -2.14. The van der Waals surface area contributed by atoms with Gasteiger partial charge in [0.1, 0.15) is 0 Å². The number of aromatic nitrogens is 2. The maximum atomic E-state index is 11.7. The molecule has 1 aliphatic rings. The summed E-state index contributed by atoms with van der Waals surface area (Å²) in [5.41, 5.74) is 2.55. The van der Waals surface area contributed by atoms with Crippen molar-refractivity contribution in [1.29, 1.82) is 0 Å². The Bertz CT molecular complexity index is 591. The molecule has 1 fully saturated rings. The minimum atomic E-state index is -0.503. The molecule has 4 heteroatoms. The third-order valence-electron chi connectivity index (χ3n) is 3.13. The van der Waals surface area contributed by atoms with E-state index in [-0.39, 0.29) is 5.69 Å². The Labute approximate surface area is 92.5 Å². The summed E-state index contributed by atoms with van der Waals surface area (Å²) in [6.07, 6.45) is 1.67. The van der Waals surface area contributed by atoms with Gasteiger partial charge in [-0.2, -0.15) is 0 Å². The molecule has 1 atom stereocenters. The fraction of sp³-hybridized carbons (Fsp3) is 0.417. The van der Waals surface area contributed by atoms with Crippen molar-refractivity contribution < 1.29 is 5.11 Å². The third kappa shape index (κ3) is 1.38. The first-order valence-corrected chi connectivity index (χ1v) is 5.59. The zero-order valence-corrected chi connectivity index (χ0v) is 9.10. The number of hydrogen-bond donors (Lipinski definition) is 2. The summed E-state index contributed by atoms with van der Waals surface area (Å²) in [6.45, 7) is 1.72. The van der Waals surface area contributed by atoms with Crippen molar-refractivity contribution >= 4 is 11.0 Å². The Morgan fingerprint density at radius 3 is 2.88 bits per heavy atom. The van der Waals surface area contributed by atoms with E-state index >= 15 is 0 Å². The number of fused-ring (bicyclic) bond motifs is 1. The summed E-state index contributed by atoms with van der Waals surface area (Å²) in [5.74, 6) is 0. The van der Waals surface area contributed by atoms with Gasteiger partial charge in [-0.3, -0.25) is 4.57 Å². The quantitative estimate of drug-likeness (QED) is 0.806. The van der Waals surface area contributed by atoms with Crippen LogP contribution in [0.2, 0.25) is 0 Å². The van der Waals surface area contributed by atoms with Crippen molar-refractivity contribution in [2.75, 3.05) is 0 Å². The number of imidazole rings is 1. The van der Waals surface area contributed by atoms with Crippen molar-refractivity contribution in [2.24, 2.45) is 0 Å². The van der Waals surface area contributed by atoms with E-state index in [1.807, 2.05) is 22.8 Å². The molecule has 1 aromatic carbocycles. The fourth-order valence-corrected chi connectivity index (χ4v) is 2.10. The second kappa shape index (κ2) is 3.22. The van der Waals surface area contributed by atoms with Crippen LogP contribution in [0.5, 0.6) is 0 Å². The molecule has 1 aromatic heterocycles. The number of aliphatic hydroxyl groups excluding tert-OH is 1. The van der Waals surface area contributed by atoms with E-state index < -0.39 is 6.10 Å². The van der Waals surface area contributed by atoms with Crippen LogP contribution in [0.15, 0.2) is 23.0 Å². The molecular formula is C12H14N2O2. The maximum absolute atomic E-state index is 11.7. The first kappa shape index (κ1) is 9.66. The Kier molecular flexibility index (Phi) is 1.94. The van der Waals surface area contributed by atoms with Crippen molar-refractivity contribution in [3.63, 3.8) is 0 Å². The number of nitrogens with zero attached hydrogens (tertiary/aromatic N) is 1. The molecule has 0 spiro atoms. The van der Waals surface area contributed by atoms with Crippen LogP contribution in [0, 0.1) is 0 Å². The first-order chi connectivity index (χ1) is 7.66. The SMILES string of the molecule is CC(O)c1ccc2c(c1)[nH]c(=O)n2C1CC1. The number of hydrogen-bond acceptors (Lipinski definition) is 2. The second-order valence-electron chi connectivity index (χ2n) is 4.48. The van der Waals surface area contributed by atoms with Crippen LogP contribution < -0.4 is 5.69 Å². The van der Waals surface area contributed by atoms with Gasteiger partial charge in [-0.25, -0.2) is 4.79 Å². The van der Waals surface area contributed by atoms with E-state index in [9.17, 15) is 9.90 Å². The van der Waals surface area contributed by atoms with Gasteiger partial charge in [-0.05, 0) is 37.5 Å². The van der Waals surface area contributed by atoms with Gasteiger partial charge < -0.3 is 10.1 Å². The van der Waals surface area contributed by atoms with Crippen LogP contribution in [-0.2, 0) is 0 Å². The minimum Gasteiger partial charge on any atom is -0.389 e. The lowest BCUT2D eigenvalue weighted by molar-refractivity contribution is 0.199. The lowest BCUT2D eigenvalue weighted by Gasteiger charge is -2.04. The van der Waals surface area contributed by atoms with Crippen LogP contribution in [-0.4, -0.2) is 14.7 Å². The molecule has 0 aliphatic heterocycles. The van der Waals surface area contributed by atoms with Gasteiger partial charge in [0, 0.05) is 6.04 Å². The molecule has 2 aromatic rings. The predicted octanol–water partition coefficient (Wildman–Crippen LogP) is 1.72. The van der Waals surface area contributed by atoms with E-state index in [0.29, 0.717) is 6.04 Å². The maximum Gasteiger partial charge on any atom is 0.326 e. The van der Waals surface area contributed by atoms with Gasteiger partial charge >= 0.3 is 5.69 Å². The summed E-state index contributed by atoms with van der Waals surface area (Å²) in [4.78, 5) is 14.6. The van der Waals surface area contributed by atoms with Crippen LogP contribution in [0.3, 0.4) is 0 Å². The smallest absolute Gasteiger partial charge is 0.326 e. The molecule has 16 heavy (non-hydrogen) atoms.